The molecule has 0 spiro atoms. The number of hydrogen-bond acceptors (Lipinski definition) is 2. The number of aromatic amines is 1. The van der Waals surface area contributed by atoms with Crippen LogP contribution in [0.15, 0.2) is 12.3 Å². The SMILES string of the molecule is Cc1cnc2c(c1)[nH]c(=S)n2C(C)C. The molecule has 0 saturated carbocycles. The van der Waals surface area contributed by atoms with Gasteiger partial charge in [0.1, 0.15) is 0 Å². The number of fused-ring (bicyclic) bond motifs is 1. The topological polar surface area (TPSA) is 33.6 Å². The Hall–Kier alpha value is -1.16. The van der Waals surface area contributed by atoms with Crippen LogP contribution in [0.1, 0.15) is 25.5 Å². The Morgan fingerprint density at radius 3 is 2.86 bits per heavy atom. The maximum Gasteiger partial charge on any atom is 0.179 e. The first-order valence-corrected chi connectivity index (χ1v) is 5.07. The van der Waals surface area contributed by atoms with Crippen LogP contribution in [0.25, 0.3) is 11.2 Å². The van der Waals surface area contributed by atoms with Gasteiger partial charge in [0.2, 0.25) is 0 Å². The minimum atomic E-state index is 0.339. The van der Waals surface area contributed by atoms with E-state index in [0.717, 1.165) is 21.5 Å². The first kappa shape index (κ1) is 9.40. The predicted molar refractivity (Wildman–Crippen MR) is 60.0 cm³/mol. The molecule has 14 heavy (non-hydrogen) atoms. The number of aromatic nitrogens is 3. The van der Waals surface area contributed by atoms with Crippen molar-refractivity contribution in [2.24, 2.45) is 0 Å². The molecule has 0 atom stereocenters. The molecule has 2 aromatic heterocycles. The molecule has 0 unspecified atom stereocenters. The van der Waals surface area contributed by atoms with E-state index in [4.69, 9.17) is 12.2 Å². The lowest BCUT2D eigenvalue weighted by atomic mass is 10.3. The van der Waals surface area contributed by atoms with Crippen molar-refractivity contribution in [3.05, 3.63) is 22.6 Å². The molecule has 2 rings (SSSR count). The summed E-state index contributed by atoms with van der Waals surface area (Å²) in [6.45, 7) is 6.23. The molecule has 0 amide bonds. The van der Waals surface area contributed by atoms with Crippen LogP contribution in [0.3, 0.4) is 0 Å². The largest absolute Gasteiger partial charge is 0.329 e. The molecule has 0 aliphatic carbocycles. The zero-order valence-electron chi connectivity index (χ0n) is 8.53. The molecule has 0 fully saturated rings. The number of aryl methyl sites for hydroxylation is 1. The Morgan fingerprint density at radius 2 is 2.21 bits per heavy atom. The molecule has 4 heteroatoms. The Bertz CT molecular complexity index is 522. The summed E-state index contributed by atoms with van der Waals surface area (Å²) in [6, 6.07) is 2.41. The molecular formula is C10H13N3S. The summed E-state index contributed by atoms with van der Waals surface area (Å²) in [5, 5.41) is 0. The van der Waals surface area contributed by atoms with Crippen molar-refractivity contribution in [1.82, 2.24) is 14.5 Å². The van der Waals surface area contributed by atoms with E-state index in [-0.39, 0.29) is 0 Å². The maximum atomic E-state index is 5.24. The fraction of sp³-hybridized carbons (Fsp3) is 0.400. The van der Waals surface area contributed by atoms with Crippen molar-refractivity contribution in [2.75, 3.05) is 0 Å². The van der Waals surface area contributed by atoms with Crippen LogP contribution in [0.4, 0.5) is 0 Å². The third-order valence-corrected chi connectivity index (χ3v) is 2.51. The molecule has 1 N–H and O–H groups in total. The van der Waals surface area contributed by atoms with Crippen LogP contribution in [0.2, 0.25) is 0 Å². The maximum absolute atomic E-state index is 5.24. The lowest BCUT2D eigenvalue weighted by Crippen LogP contribution is -2.01. The number of H-pyrrole nitrogens is 1. The molecule has 74 valence electrons. The van der Waals surface area contributed by atoms with Crippen LogP contribution in [-0.2, 0) is 0 Å². The number of rotatable bonds is 1. The van der Waals surface area contributed by atoms with E-state index in [1.54, 1.807) is 0 Å². The van der Waals surface area contributed by atoms with E-state index >= 15 is 0 Å². The summed E-state index contributed by atoms with van der Waals surface area (Å²) in [5.74, 6) is 0. The zero-order valence-corrected chi connectivity index (χ0v) is 9.35. The third kappa shape index (κ3) is 1.35. The summed E-state index contributed by atoms with van der Waals surface area (Å²) in [5.41, 5.74) is 3.10. The minimum Gasteiger partial charge on any atom is -0.329 e. The highest BCUT2D eigenvalue weighted by molar-refractivity contribution is 7.71. The van der Waals surface area contributed by atoms with Gasteiger partial charge in [-0.1, -0.05) is 0 Å². The normalized spacial score (nSPS) is 11.4. The first-order valence-electron chi connectivity index (χ1n) is 4.66. The van der Waals surface area contributed by atoms with Gasteiger partial charge in [-0.3, -0.25) is 4.57 Å². The second-order valence-corrected chi connectivity index (χ2v) is 4.16. The second kappa shape index (κ2) is 3.20. The molecule has 3 nitrogen and oxygen atoms in total. The van der Waals surface area contributed by atoms with E-state index in [9.17, 15) is 0 Å². The summed E-state index contributed by atoms with van der Waals surface area (Å²) in [4.78, 5) is 7.55. The van der Waals surface area contributed by atoms with Crippen LogP contribution >= 0.6 is 12.2 Å². The Balaban J connectivity index is 2.84. The smallest absolute Gasteiger partial charge is 0.179 e. The van der Waals surface area contributed by atoms with Gasteiger partial charge in [-0.2, -0.15) is 0 Å². The molecular weight excluding hydrogens is 194 g/mol. The van der Waals surface area contributed by atoms with Gasteiger partial charge < -0.3 is 4.98 Å². The Kier molecular flexibility index (Phi) is 2.15. The summed E-state index contributed by atoms with van der Waals surface area (Å²) in [7, 11) is 0. The molecule has 0 aromatic carbocycles. The number of nitrogens with zero attached hydrogens (tertiary/aromatic N) is 2. The van der Waals surface area contributed by atoms with Gasteiger partial charge in [0.15, 0.2) is 10.4 Å². The molecule has 0 bridgehead atoms. The molecule has 0 saturated heterocycles. The van der Waals surface area contributed by atoms with Gasteiger partial charge in [0, 0.05) is 12.2 Å². The fourth-order valence-electron chi connectivity index (χ4n) is 1.60. The Labute approximate surface area is 87.8 Å². The quantitative estimate of drug-likeness (QED) is 0.729. The summed E-state index contributed by atoms with van der Waals surface area (Å²) < 4.78 is 2.78. The van der Waals surface area contributed by atoms with Crippen LogP contribution in [-0.4, -0.2) is 14.5 Å². The van der Waals surface area contributed by atoms with E-state index < -0.39 is 0 Å². The first-order chi connectivity index (χ1) is 6.59. The highest BCUT2D eigenvalue weighted by Crippen LogP contribution is 2.17. The summed E-state index contributed by atoms with van der Waals surface area (Å²) in [6.07, 6.45) is 1.86. The Morgan fingerprint density at radius 1 is 1.50 bits per heavy atom. The summed E-state index contributed by atoms with van der Waals surface area (Å²) >= 11 is 5.24. The van der Waals surface area contributed by atoms with Crippen LogP contribution in [0, 0.1) is 11.7 Å². The van der Waals surface area contributed by atoms with Crippen LogP contribution < -0.4 is 0 Å². The minimum absolute atomic E-state index is 0.339. The van der Waals surface area contributed by atoms with Crippen LogP contribution in [0.5, 0.6) is 0 Å². The number of hydrogen-bond donors (Lipinski definition) is 1. The third-order valence-electron chi connectivity index (χ3n) is 2.21. The monoisotopic (exact) mass is 207 g/mol. The van der Waals surface area contributed by atoms with Crippen molar-refractivity contribution in [3.63, 3.8) is 0 Å². The standard InChI is InChI=1S/C10H13N3S/c1-6(2)13-9-8(12-10(13)14)4-7(3)5-11-9/h4-6H,1-3H3,(H,12,14). The predicted octanol–water partition coefficient (Wildman–Crippen LogP) is 2.98. The van der Waals surface area contributed by atoms with E-state index in [1.165, 1.54) is 0 Å². The highest BCUT2D eigenvalue weighted by Gasteiger charge is 2.07. The van der Waals surface area contributed by atoms with Gasteiger partial charge in [-0.05, 0) is 44.6 Å². The fourth-order valence-corrected chi connectivity index (χ4v) is 2.00. The van der Waals surface area contributed by atoms with Gasteiger partial charge in [0.25, 0.3) is 0 Å². The van der Waals surface area contributed by atoms with Gasteiger partial charge in [-0.15, -0.1) is 0 Å². The van der Waals surface area contributed by atoms with Crippen molar-refractivity contribution in [2.45, 2.75) is 26.8 Å². The molecule has 0 aliphatic heterocycles. The molecule has 0 radical (unpaired) electrons. The average molecular weight is 207 g/mol. The van der Waals surface area contributed by atoms with E-state index in [2.05, 4.69) is 29.9 Å². The lowest BCUT2D eigenvalue weighted by Gasteiger charge is -2.06. The van der Waals surface area contributed by atoms with Gasteiger partial charge in [0.05, 0.1) is 5.52 Å². The van der Waals surface area contributed by atoms with Crippen molar-refractivity contribution in [3.8, 4) is 0 Å². The lowest BCUT2D eigenvalue weighted by molar-refractivity contribution is 0.605. The van der Waals surface area contributed by atoms with E-state index in [0.29, 0.717) is 6.04 Å². The van der Waals surface area contributed by atoms with E-state index in [1.807, 2.05) is 17.7 Å². The molecule has 0 aliphatic rings. The second-order valence-electron chi connectivity index (χ2n) is 3.78. The number of pyridine rings is 1. The number of imidazole rings is 1. The molecule has 2 heterocycles. The number of nitrogens with one attached hydrogen (secondary N) is 1. The molecule has 2 aromatic rings. The van der Waals surface area contributed by atoms with Gasteiger partial charge in [-0.25, -0.2) is 4.98 Å². The zero-order chi connectivity index (χ0) is 10.3. The van der Waals surface area contributed by atoms with Crippen molar-refractivity contribution < 1.29 is 0 Å². The highest BCUT2D eigenvalue weighted by atomic mass is 32.1. The van der Waals surface area contributed by atoms with Crippen molar-refractivity contribution in [1.29, 1.82) is 0 Å². The average Bonchev–Trinajstić information content (AvgIpc) is 2.39. The van der Waals surface area contributed by atoms with Gasteiger partial charge >= 0.3 is 0 Å². The van der Waals surface area contributed by atoms with Crippen molar-refractivity contribution >= 4 is 23.4 Å².